The summed E-state index contributed by atoms with van der Waals surface area (Å²) in [4.78, 5) is 0.224. The lowest BCUT2D eigenvalue weighted by Gasteiger charge is -2.32. The molecule has 2 N–H and O–H groups in total. The molecule has 8 heteroatoms. The van der Waals surface area contributed by atoms with Crippen molar-refractivity contribution in [2.45, 2.75) is 23.5 Å². The average molecular weight is 484 g/mol. The van der Waals surface area contributed by atoms with Crippen molar-refractivity contribution in [1.82, 2.24) is 0 Å². The third kappa shape index (κ3) is 3.93. The first-order valence-electron chi connectivity index (χ1n) is 10.5. The highest BCUT2D eigenvalue weighted by molar-refractivity contribution is 7.90. The minimum Gasteiger partial charge on any atom is -0.484 e. The Balaban J connectivity index is 1.58. The van der Waals surface area contributed by atoms with E-state index < -0.39 is 39.4 Å². The van der Waals surface area contributed by atoms with E-state index in [9.17, 15) is 21.6 Å². The molecule has 2 atom stereocenters. The Bertz CT molecular complexity index is 1550. The van der Waals surface area contributed by atoms with E-state index in [0.717, 1.165) is 39.8 Å². The lowest BCUT2D eigenvalue weighted by Crippen LogP contribution is -2.38. The maximum atomic E-state index is 14.4. The van der Waals surface area contributed by atoms with Crippen molar-refractivity contribution in [3.8, 4) is 16.9 Å². The van der Waals surface area contributed by atoms with E-state index in [-0.39, 0.29) is 10.5 Å². The number of hydrogen-bond acceptors (Lipinski definition) is 4. The SMILES string of the molecule is CS(=O)(=O)c1cccc(-c2ccc3ccc4c(c3c2)C[C@@H](N)[C@@H](c2cc(F)c(F)cc2F)O4)c1. The zero-order valence-corrected chi connectivity index (χ0v) is 18.9. The first kappa shape index (κ1) is 22.4. The molecule has 4 aromatic carbocycles. The molecule has 0 fully saturated rings. The normalized spacial score (nSPS) is 17.9. The average Bonchev–Trinajstić information content (AvgIpc) is 2.80. The zero-order valence-electron chi connectivity index (χ0n) is 18.1. The number of ether oxygens (including phenoxy) is 1. The molecule has 0 bridgehead atoms. The topological polar surface area (TPSA) is 69.4 Å². The van der Waals surface area contributed by atoms with Gasteiger partial charge in [-0.2, -0.15) is 0 Å². The number of benzene rings is 4. The Kier molecular flexibility index (Phi) is 5.37. The van der Waals surface area contributed by atoms with Gasteiger partial charge < -0.3 is 10.5 Å². The smallest absolute Gasteiger partial charge is 0.175 e. The van der Waals surface area contributed by atoms with Crippen molar-refractivity contribution < 1.29 is 26.3 Å². The van der Waals surface area contributed by atoms with Gasteiger partial charge in [-0.25, -0.2) is 21.6 Å². The van der Waals surface area contributed by atoms with Gasteiger partial charge in [0.05, 0.1) is 10.9 Å². The number of hydrogen-bond donors (Lipinski definition) is 1. The second kappa shape index (κ2) is 8.14. The van der Waals surface area contributed by atoms with E-state index in [1.54, 1.807) is 24.3 Å². The third-order valence-corrected chi connectivity index (χ3v) is 7.22. The predicted octanol–water partition coefficient (Wildman–Crippen LogP) is 5.33. The van der Waals surface area contributed by atoms with Crippen molar-refractivity contribution >= 4 is 20.6 Å². The molecule has 0 unspecified atom stereocenters. The molecule has 0 saturated carbocycles. The molecule has 1 heterocycles. The van der Waals surface area contributed by atoms with E-state index in [2.05, 4.69) is 0 Å². The number of rotatable bonds is 3. The van der Waals surface area contributed by atoms with Crippen LogP contribution in [0.5, 0.6) is 5.75 Å². The summed E-state index contributed by atoms with van der Waals surface area (Å²) in [6.07, 6.45) is 0.505. The summed E-state index contributed by atoms with van der Waals surface area (Å²) in [5.74, 6) is -2.89. The highest BCUT2D eigenvalue weighted by Crippen LogP contribution is 2.40. The van der Waals surface area contributed by atoms with Crippen LogP contribution in [0, 0.1) is 17.5 Å². The van der Waals surface area contributed by atoms with Crippen LogP contribution in [0.15, 0.2) is 71.6 Å². The van der Waals surface area contributed by atoms with Gasteiger partial charge in [0.25, 0.3) is 0 Å². The maximum absolute atomic E-state index is 14.4. The molecular formula is C26H20F3NO3S. The number of halogens is 3. The van der Waals surface area contributed by atoms with Crippen LogP contribution in [0.25, 0.3) is 21.9 Å². The minimum absolute atomic E-state index is 0.136. The van der Waals surface area contributed by atoms with Gasteiger partial charge in [0, 0.05) is 23.4 Å². The van der Waals surface area contributed by atoms with Crippen LogP contribution in [0.2, 0.25) is 0 Å². The molecule has 4 aromatic rings. The van der Waals surface area contributed by atoms with Crippen LogP contribution >= 0.6 is 0 Å². The molecule has 0 radical (unpaired) electrons. The summed E-state index contributed by atoms with van der Waals surface area (Å²) in [5.41, 5.74) is 8.55. The second-order valence-electron chi connectivity index (χ2n) is 8.47. The fourth-order valence-corrected chi connectivity index (χ4v) is 5.05. The van der Waals surface area contributed by atoms with Crippen LogP contribution in [0.4, 0.5) is 13.2 Å². The van der Waals surface area contributed by atoms with Crippen LogP contribution in [0.1, 0.15) is 17.2 Å². The molecule has 4 nitrogen and oxygen atoms in total. The number of fused-ring (bicyclic) bond motifs is 3. The van der Waals surface area contributed by atoms with Crippen molar-refractivity contribution in [3.05, 3.63) is 95.3 Å². The van der Waals surface area contributed by atoms with Crippen LogP contribution in [-0.2, 0) is 16.3 Å². The Hall–Kier alpha value is -3.36. The molecule has 5 rings (SSSR count). The lowest BCUT2D eigenvalue weighted by molar-refractivity contribution is 0.149. The standard InChI is InChI=1S/C26H20F3NO3S/c1-34(31,32)17-4-2-3-15(9-17)16-6-5-14-7-8-25-19(18(14)10-16)12-24(30)26(33-25)20-11-22(28)23(29)13-21(20)27/h2-11,13,24,26H,12,30H2,1H3/t24-,26-/m1/s1. The first-order chi connectivity index (χ1) is 16.1. The lowest BCUT2D eigenvalue weighted by atomic mass is 9.89. The van der Waals surface area contributed by atoms with Gasteiger partial charge in [0.2, 0.25) is 0 Å². The summed E-state index contributed by atoms with van der Waals surface area (Å²) in [5, 5.41) is 1.79. The maximum Gasteiger partial charge on any atom is 0.175 e. The molecular weight excluding hydrogens is 463 g/mol. The summed E-state index contributed by atoms with van der Waals surface area (Å²) in [6, 6.07) is 16.6. The Morgan fingerprint density at radius 3 is 2.35 bits per heavy atom. The largest absolute Gasteiger partial charge is 0.484 e. The molecule has 174 valence electrons. The minimum atomic E-state index is -3.36. The Morgan fingerprint density at radius 2 is 1.59 bits per heavy atom. The molecule has 0 aromatic heterocycles. The molecule has 0 spiro atoms. The van der Waals surface area contributed by atoms with E-state index in [1.807, 2.05) is 30.3 Å². The highest BCUT2D eigenvalue weighted by Gasteiger charge is 2.32. The van der Waals surface area contributed by atoms with Gasteiger partial charge in [-0.15, -0.1) is 0 Å². The summed E-state index contributed by atoms with van der Waals surface area (Å²) in [7, 11) is -3.36. The second-order valence-corrected chi connectivity index (χ2v) is 10.5. The quantitative estimate of drug-likeness (QED) is 0.400. The van der Waals surface area contributed by atoms with Crippen molar-refractivity contribution in [3.63, 3.8) is 0 Å². The third-order valence-electron chi connectivity index (χ3n) is 6.11. The van der Waals surface area contributed by atoms with Crippen LogP contribution in [-0.4, -0.2) is 20.7 Å². The van der Waals surface area contributed by atoms with Crippen molar-refractivity contribution in [2.24, 2.45) is 5.73 Å². The fraction of sp³-hybridized carbons (Fsp3) is 0.154. The van der Waals surface area contributed by atoms with E-state index in [4.69, 9.17) is 10.5 Å². The van der Waals surface area contributed by atoms with E-state index in [0.29, 0.717) is 18.2 Å². The van der Waals surface area contributed by atoms with Crippen LogP contribution in [0.3, 0.4) is 0 Å². The zero-order chi connectivity index (χ0) is 24.2. The highest BCUT2D eigenvalue weighted by atomic mass is 32.2. The van der Waals surface area contributed by atoms with Gasteiger partial charge in [-0.1, -0.05) is 30.3 Å². The van der Waals surface area contributed by atoms with Crippen molar-refractivity contribution in [2.75, 3.05) is 6.26 Å². The Morgan fingerprint density at radius 1 is 0.882 bits per heavy atom. The molecule has 1 aliphatic rings. The molecule has 0 saturated heterocycles. The fourth-order valence-electron chi connectivity index (χ4n) is 4.39. The van der Waals surface area contributed by atoms with Crippen molar-refractivity contribution in [1.29, 1.82) is 0 Å². The van der Waals surface area contributed by atoms with Gasteiger partial charge >= 0.3 is 0 Å². The molecule has 34 heavy (non-hydrogen) atoms. The van der Waals surface area contributed by atoms with Gasteiger partial charge in [0.1, 0.15) is 17.7 Å². The number of nitrogens with two attached hydrogens (primary N) is 1. The van der Waals surface area contributed by atoms with Gasteiger partial charge in [-0.3, -0.25) is 0 Å². The predicted molar refractivity (Wildman–Crippen MR) is 124 cm³/mol. The molecule has 0 amide bonds. The summed E-state index contributed by atoms with van der Waals surface area (Å²) in [6.45, 7) is 0. The number of sulfone groups is 1. The van der Waals surface area contributed by atoms with Crippen LogP contribution < -0.4 is 10.5 Å². The molecule has 0 aliphatic carbocycles. The van der Waals surface area contributed by atoms with E-state index >= 15 is 0 Å². The summed E-state index contributed by atoms with van der Waals surface area (Å²) >= 11 is 0. The Labute approximate surface area is 194 Å². The monoisotopic (exact) mass is 483 g/mol. The van der Waals surface area contributed by atoms with Gasteiger partial charge in [0.15, 0.2) is 21.5 Å². The first-order valence-corrected chi connectivity index (χ1v) is 12.4. The van der Waals surface area contributed by atoms with Gasteiger partial charge in [-0.05, 0) is 58.7 Å². The van der Waals surface area contributed by atoms with E-state index in [1.165, 1.54) is 0 Å². The summed E-state index contributed by atoms with van der Waals surface area (Å²) < 4.78 is 71.5. The molecule has 1 aliphatic heterocycles.